The first-order valence-corrected chi connectivity index (χ1v) is 7.82. The highest BCUT2D eigenvalue weighted by molar-refractivity contribution is 9.10. The Kier molecular flexibility index (Phi) is 4.88. The Morgan fingerprint density at radius 2 is 2.19 bits per heavy atom. The molecule has 1 aromatic rings. The molecule has 2 rings (SSSR count). The molecular formula is C15H19BrN2O3. The van der Waals surface area contributed by atoms with E-state index in [4.69, 9.17) is 5.73 Å². The van der Waals surface area contributed by atoms with E-state index in [0.717, 1.165) is 12.8 Å². The van der Waals surface area contributed by atoms with Crippen molar-refractivity contribution in [2.24, 2.45) is 11.7 Å². The predicted octanol–water partition coefficient (Wildman–Crippen LogP) is 2.63. The number of piperidine rings is 1. The third kappa shape index (κ3) is 3.20. The number of anilines is 1. The van der Waals surface area contributed by atoms with Crippen LogP contribution >= 0.6 is 15.9 Å². The third-order valence-corrected chi connectivity index (χ3v) is 4.78. The highest BCUT2D eigenvalue weighted by Gasteiger charge is 2.34. The van der Waals surface area contributed by atoms with Crippen LogP contribution in [0.15, 0.2) is 22.7 Å². The Morgan fingerprint density at radius 1 is 1.48 bits per heavy atom. The summed E-state index contributed by atoms with van der Waals surface area (Å²) in [6.45, 7) is 2.69. The van der Waals surface area contributed by atoms with Crippen molar-refractivity contribution in [3.05, 3.63) is 28.2 Å². The number of carboxylic acids is 1. The van der Waals surface area contributed by atoms with Gasteiger partial charge in [-0.1, -0.05) is 19.4 Å². The number of hydrogen-bond acceptors (Lipinski definition) is 3. The standard InChI is InChI=1S/C15H19BrN2O3/c1-2-9-6-7-18(12(8-9)15(20)21)11-5-3-4-10(16)13(11)14(17)19/h3-5,9,12H,2,6-8H2,1H3,(H2,17,19)(H,20,21). The molecule has 0 aromatic heterocycles. The van der Waals surface area contributed by atoms with Crippen molar-refractivity contribution in [3.63, 3.8) is 0 Å². The Morgan fingerprint density at radius 3 is 2.76 bits per heavy atom. The van der Waals surface area contributed by atoms with Crippen molar-refractivity contribution in [1.82, 2.24) is 0 Å². The van der Waals surface area contributed by atoms with Crippen molar-refractivity contribution in [2.75, 3.05) is 11.4 Å². The lowest BCUT2D eigenvalue weighted by Gasteiger charge is -2.39. The molecule has 0 saturated carbocycles. The van der Waals surface area contributed by atoms with E-state index in [1.54, 1.807) is 23.1 Å². The van der Waals surface area contributed by atoms with E-state index < -0.39 is 17.9 Å². The molecule has 114 valence electrons. The lowest BCUT2D eigenvalue weighted by atomic mass is 9.88. The molecule has 1 aliphatic heterocycles. The molecule has 6 heteroatoms. The van der Waals surface area contributed by atoms with Gasteiger partial charge in [0.25, 0.3) is 5.91 Å². The summed E-state index contributed by atoms with van der Waals surface area (Å²) in [5.74, 6) is -1.01. The number of carbonyl (C=O) groups excluding carboxylic acids is 1. The zero-order valence-corrected chi connectivity index (χ0v) is 13.5. The highest BCUT2D eigenvalue weighted by atomic mass is 79.9. The van der Waals surface area contributed by atoms with Crippen molar-refractivity contribution in [3.8, 4) is 0 Å². The molecule has 1 fully saturated rings. The van der Waals surface area contributed by atoms with Gasteiger partial charge in [0.15, 0.2) is 0 Å². The summed E-state index contributed by atoms with van der Waals surface area (Å²) in [4.78, 5) is 25.1. The van der Waals surface area contributed by atoms with Gasteiger partial charge in [0, 0.05) is 11.0 Å². The van der Waals surface area contributed by atoms with Gasteiger partial charge in [0.2, 0.25) is 0 Å². The molecule has 0 aliphatic carbocycles. The first kappa shape index (κ1) is 15.8. The summed E-state index contributed by atoms with van der Waals surface area (Å²) in [5.41, 5.74) is 6.40. The summed E-state index contributed by atoms with van der Waals surface area (Å²) < 4.78 is 0.592. The summed E-state index contributed by atoms with van der Waals surface area (Å²) >= 11 is 3.32. The Bertz CT molecular complexity index is 562. The second-order valence-corrected chi connectivity index (χ2v) is 6.20. The quantitative estimate of drug-likeness (QED) is 0.870. The number of nitrogens with two attached hydrogens (primary N) is 1. The van der Waals surface area contributed by atoms with Crippen LogP contribution in [0, 0.1) is 5.92 Å². The number of hydrogen-bond donors (Lipinski definition) is 2. The lowest BCUT2D eigenvalue weighted by Crippen LogP contribution is -2.48. The number of carboxylic acid groups (broad SMARTS) is 1. The zero-order valence-electron chi connectivity index (χ0n) is 11.9. The fraction of sp³-hybridized carbons (Fsp3) is 0.467. The van der Waals surface area contributed by atoms with Gasteiger partial charge in [-0.2, -0.15) is 0 Å². The number of aliphatic carboxylic acids is 1. The number of carbonyl (C=O) groups is 2. The average Bonchev–Trinajstić information content (AvgIpc) is 2.45. The topological polar surface area (TPSA) is 83.6 Å². The van der Waals surface area contributed by atoms with Crippen LogP contribution in [0.3, 0.4) is 0 Å². The Balaban J connectivity index is 2.42. The number of amides is 1. The van der Waals surface area contributed by atoms with Crippen LogP contribution in [0.4, 0.5) is 5.69 Å². The van der Waals surface area contributed by atoms with E-state index in [0.29, 0.717) is 34.6 Å². The van der Waals surface area contributed by atoms with Gasteiger partial charge >= 0.3 is 5.97 Å². The van der Waals surface area contributed by atoms with E-state index in [1.807, 2.05) is 0 Å². The molecule has 1 aliphatic rings. The second kappa shape index (κ2) is 6.47. The van der Waals surface area contributed by atoms with E-state index in [-0.39, 0.29) is 0 Å². The molecule has 5 nitrogen and oxygen atoms in total. The van der Waals surface area contributed by atoms with Crippen molar-refractivity contribution < 1.29 is 14.7 Å². The molecule has 2 atom stereocenters. The maximum Gasteiger partial charge on any atom is 0.326 e. The number of benzene rings is 1. The van der Waals surface area contributed by atoms with Gasteiger partial charge in [0.05, 0.1) is 11.3 Å². The van der Waals surface area contributed by atoms with Crippen LogP contribution in [0.5, 0.6) is 0 Å². The number of nitrogens with zero attached hydrogens (tertiary/aromatic N) is 1. The van der Waals surface area contributed by atoms with Gasteiger partial charge in [-0.15, -0.1) is 0 Å². The van der Waals surface area contributed by atoms with Crippen molar-refractivity contribution in [1.29, 1.82) is 0 Å². The number of primary amides is 1. The third-order valence-electron chi connectivity index (χ3n) is 4.12. The zero-order chi connectivity index (χ0) is 15.6. The highest BCUT2D eigenvalue weighted by Crippen LogP contribution is 2.34. The Labute approximate surface area is 132 Å². The summed E-state index contributed by atoms with van der Waals surface area (Å²) in [6.07, 6.45) is 2.49. The van der Waals surface area contributed by atoms with E-state index in [9.17, 15) is 14.7 Å². The minimum Gasteiger partial charge on any atom is -0.480 e. The van der Waals surface area contributed by atoms with E-state index in [2.05, 4.69) is 22.9 Å². The molecule has 3 N–H and O–H groups in total. The van der Waals surface area contributed by atoms with Crippen LogP contribution in [-0.4, -0.2) is 29.6 Å². The fourth-order valence-corrected chi connectivity index (χ4v) is 3.48. The molecule has 0 spiro atoms. The van der Waals surface area contributed by atoms with E-state index >= 15 is 0 Å². The summed E-state index contributed by atoms with van der Waals surface area (Å²) in [6, 6.07) is 4.66. The molecule has 2 unspecified atom stereocenters. The molecule has 1 heterocycles. The van der Waals surface area contributed by atoms with Crippen LogP contribution < -0.4 is 10.6 Å². The monoisotopic (exact) mass is 354 g/mol. The van der Waals surface area contributed by atoms with Gasteiger partial charge < -0.3 is 15.7 Å². The molecular weight excluding hydrogens is 336 g/mol. The summed E-state index contributed by atoms with van der Waals surface area (Å²) in [7, 11) is 0. The van der Waals surface area contributed by atoms with Crippen LogP contribution in [0.25, 0.3) is 0 Å². The average molecular weight is 355 g/mol. The van der Waals surface area contributed by atoms with Crippen LogP contribution in [0.1, 0.15) is 36.5 Å². The van der Waals surface area contributed by atoms with Gasteiger partial charge in [-0.05, 0) is 46.8 Å². The fourth-order valence-electron chi connectivity index (χ4n) is 2.93. The molecule has 1 saturated heterocycles. The van der Waals surface area contributed by atoms with Crippen LogP contribution in [0.2, 0.25) is 0 Å². The first-order valence-electron chi connectivity index (χ1n) is 7.03. The normalized spacial score (nSPS) is 22.1. The maximum atomic E-state index is 11.7. The summed E-state index contributed by atoms with van der Waals surface area (Å²) in [5, 5.41) is 9.51. The smallest absolute Gasteiger partial charge is 0.326 e. The minimum atomic E-state index is -0.858. The van der Waals surface area contributed by atoms with Gasteiger partial charge in [-0.3, -0.25) is 4.79 Å². The van der Waals surface area contributed by atoms with Crippen molar-refractivity contribution >= 4 is 33.5 Å². The van der Waals surface area contributed by atoms with Gasteiger partial charge in [0.1, 0.15) is 6.04 Å². The minimum absolute atomic E-state index is 0.346. The van der Waals surface area contributed by atoms with Crippen molar-refractivity contribution in [2.45, 2.75) is 32.2 Å². The SMILES string of the molecule is CCC1CCN(c2cccc(Br)c2C(N)=O)C(C(=O)O)C1. The number of rotatable bonds is 4. The molecule has 1 amide bonds. The van der Waals surface area contributed by atoms with Gasteiger partial charge in [-0.25, -0.2) is 4.79 Å². The largest absolute Gasteiger partial charge is 0.480 e. The first-order chi connectivity index (χ1) is 9.95. The van der Waals surface area contributed by atoms with Crippen LogP contribution in [-0.2, 0) is 4.79 Å². The molecule has 21 heavy (non-hydrogen) atoms. The number of halogens is 1. The maximum absolute atomic E-state index is 11.7. The Hall–Kier alpha value is -1.56. The molecule has 0 bridgehead atoms. The van der Waals surface area contributed by atoms with E-state index in [1.165, 1.54) is 0 Å². The lowest BCUT2D eigenvalue weighted by molar-refractivity contribution is -0.139. The molecule has 1 aromatic carbocycles. The second-order valence-electron chi connectivity index (χ2n) is 5.34. The predicted molar refractivity (Wildman–Crippen MR) is 84.4 cm³/mol. The molecule has 0 radical (unpaired) electrons.